The molecule has 0 aromatic heterocycles. The number of rotatable bonds is 6. The van der Waals surface area contributed by atoms with Crippen molar-refractivity contribution in [3.8, 4) is 0 Å². The van der Waals surface area contributed by atoms with Crippen LogP contribution in [0, 0.1) is 5.82 Å². The lowest BCUT2D eigenvalue weighted by atomic mass is 10.1. The Morgan fingerprint density at radius 3 is 2.40 bits per heavy atom. The zero-order chi connectivity index (χ0) is 15.0. The van der Waals surface area contributed by atoms with E-state index < -0.39 is 24.3 Å². The van der Waals surface area contributed by atoms with E-state index in [-0.39, 0.29) is 18.9 Å². The predicted octanol–water partition coefficient (Wildman–Crippen LogP) is -0.226. The number of nitrogens with one attached hydrogen (secondary N) is 2. The van der Waals surface area contributed by atoms with Crippen LogP contribution in [0.2, 0.25) is 0 Å². The smallest absolute Gasteiger partial charge is 0.310 e. The van der Waals surface area contributed by atoms with Gasteiger partial charge in [0.25, 0.3) is 5.91 Å². The molecule has 0 atom stereocenters. The summed E-state index contributed by atoms with van der Waals surface area (Å²) in [6, 6.07) is 5.39. The molecular formula is C13H15FN2O4. The van der Waals surface area contributed by atoms with Crippen LogP contribution in [0.5, 0.6) is 0 Å². The summed E-state index contributed by atoms with van der Waals surface area (Å²) in [4.78, 5) is 33.5. The fraction of sp³-hybridized carbons (Fsp3) is 0.308. The lowest BCUT2D eigenvalue weighted by Gasteiger charge is -2.06. The summed E-state index contributed by atoms with van der Waals surface area (Å²) in [6.45, 7) is -0.637. The normalized spacial score (nSPS) is 9.70. The van der Waals surface area contributed by atoms with Crippen molar-refractivity contribution in [2.24, 2.45) is 0 Å². The van der Waals surface area contributed by atoms with Crippen LogP contribution in [0.1, 0.15) is 5.56 Å². The van der Waals surface area contributed by atoms with E-state index >= 15 is 0 Å². The molecule has 0 radical (unpaired) electrons. The van der Waals surface area contributed by atoms with E-state index in [0.717, 1.165) is 0 Å². The van der Waals surface area contributed by atoms with Gasteiger partial charge in [0.2, 0.25) is 5.91 Å². The maximum Gasteiger partial charge on any atom is 0.310 e. The van der Waals surface area contributed by atoms with E-state index in [9.17, 15) is 18.8 Å². The van der Waals surface area contributed by atoms with Gasteiger partial charge >= 0.3 is 5.97 Å². The van der Waals surface area contributed by atoms with Crippen molar-refractivity contribution < 1.29 is 23.5 Å². The number of carbonyl (C=O) groups is 3. The van der Waals surface area contributed by atoms with Gasteiger partial charge in [0.15, 0.2) is 6.61 Å². The van der Waals surface area contributed by atoms with Gasteiger partial charge in [-0.2, -0.15) is 0 Å². The molecule has 20 heavy (non-hydrogen) atoms. The monoisotopic (exact) mass is 282 g/mol. The van der Waals surface area contributed by atoms with E-state index in [1.165, 1.54) is 31.3 Å². The molecule has 1 aromatic rings. The van der Waals surface area contributed by atoms with Crippen molar-refractivity contribution in [1.82, 2.24) is 10.6 Å². The first-order valence-electron chi connectivity index (χ1n) is 5.88. The summed E-state index contributed by atoms with van der Waals surface area (Å²) < 4.78 is 17.4. The molecule has 0 unspecified atom stereocenters. The molecule has 0 aliphatic heterocycles. The second-order valence-corrected chi connectivity index (χ2v) is 3.91. The second kappa shape index (κ2) is 7.88. The first-order valence-corrected chi connectivity index (χ1v) is 5.88. The maximum atomic E-state index is 12.7. The number of halogens is 1. The Labute approximate surface area is 115 Å². The summed E-state index contributed by atoms with van der Waals surface area (Å²) in [5.41, 5.74) is 0.585. The minimum atomic E-state index is -0.605. The molecule has 0 aliphatic carbocycles. The fourth-order valence-electron chi connectivity index (χ4n) is 1.28. The molecule has 2 amide bonds. The minimum Gasteiger partial charge on any atom is -0.455 e. The molecule has 0 heterocycles. The van der Waals surface area contributed by atoms with Gasteiger partial charge in [-0.3, -0.25) is 14.4 Å². The van der Waals surface area contributed by atoms with Crippen LogP contribution in [-0.4, -0.2) is 38.0 Å². The Bertz CT molecular complexity index is 488. The topological polar surface area (TPSA) is 84.5 Å². The third kappa shape index (κ3) is 5.94. The molecule has 0 saturated carbocycles. The average molecular weight is 282 g/mol. The highest BCUT2D eigenvalue weighted by Gasteiger charge is 2.09. The molecule has 6 nitrogen and oxygen atoms in total. The van der Waals surface area contributed by atoms with Crippen LogP contribution in [0.3, 0.4) is 0 Å². The van der Waals surface area contributed by atoms with Gasteiger partial charge in [0.1, 0.15) is 5.82 Å². The number of benzene rings is 1. The lowest BCUT2D eigenvalue weighted by molar-refractivity contribution is -0.147. The van der Waals surface area contributed by atoms with Crippen LogP contribution in [0.4, 0.5) is 4.39 Å². The van der Waals surface area contributed by atoms with Crippen LogP contribution < -0.4 is 10.6 Å². The summed E-state index contributed by atoms with van der Waals surface area (Å²) in [6.07, 6.45) is -0.0526. The maximum absolute atomic E-state index is 12.7. The van der Waals surface area contributed by atoms with Crippen molar-refractivity contribution in [2.75, 3.05) is 20.2 Å². The van der Waals surface area contributed by atoms with Gasteiger partial charge in [-0.1, -0.05) is 12.1 Å². The van der Waals surface area contributed by atoms with E-state index in [0.29, 0.717) is 5.56 Å². The highest BCUT2D eigenvalue weighted by atomic mass is 19.1. The first-order chi connectivity index (χ1) is 9.51. The lowest BCUT2D eigenvalue weighted by Crippen LogP contribution is -2.37. The van der Waals surface area contributed by atoms with Crippen molar-refractivity contribution >= 4 is 17.8 Å². The molecule has 0 aliphatic rings. The van der Waals surface area contributed by atoms with E-state index in [2.05, 4.69) is 10.6 Å². The summed E-state index contributed by atoms with van der Waals surface area (Å²) in [5.74, 6) is -1.92. The number of carbonyl (C=O) groups excluding carboxylic acids is 3. The Kier molecular flexibility index (Phi) is 6.15. The van der Waals surface area contributed by atoms with E-state index in [4.69, 9.17) is 4.74 Å². The van der Waals surface area contributed by atoms with Gasteiger partial charge in [0, 0.05) is 7.05 Å². The van der Waals surface area contributed by atoms with Crippen LogP contribution >= 0.6 is 0 Å². The average Bonchev–Trinajstić information content (AvgIpc) is 2.45. The molecule has 1 rings (SSSR count). The highest BCUT2D eigenvalue weighted by molar-refractivity contribution is 5.86. The SMILES string of the molecule is CNC(=O)CNC(=O)COC(=O)Cc1ccc(F)cc1. The first kappa shape index (κ1) is 15.6. The Balaban J connectivity index is 2.27. The molecule has 2 N–H and O–H groups in total. The van der Waals surface area contributed by atoms with Crippen LogP contribution in [0.25, 0.3) is 0 Å². The standard InChI is InChI=1S/C13H15FN2O4/c1-15-11(17)7-16-12(18)8-20-13(19)6-9-2-4-10(14)5-3-9/h2-5H,6-8H2,1H3,(H,15,17)(H,16,18). The Morgan fingerprint density at radius 1 is 1.15 bits per heavy atom. The van der Waals surface area contributed by atoms with Gasteiger partial charge in [-0.15, -0.1) is 0 Å². The van der Waals surface area contributed by atoms with E-state index in [1.807, 2.05) is 0 Å². The molecule has 0 fully saturated rings. The third-order valence-corrected chi connectivity index (χ3v) is 2.35. The molecule has 1 aromatic carbocycles. The zero-order valence-electron chi connectivity index (χ0n) is 10.9. The number of likely N-dealkylation sites (N-methyl/N-ethyl adjacent to an activating group) is 1. The molecule has 0 saturated heterocycles. The van der Waals surface area contributed by atoms with Crippen LogP contribution in [-0.2, 0) is 25.5 Å². The molecule has 108 valence electrons. The van der Waals surface area contributed by atoms with Crippen molar-refractivity contribution in [2.45, 2.75) is 6.42 Å². The van der Waals surface area contributed by atoms with Crippen LogP contribution in [0.15, 0.2) is 24.3 Å². The zero-order valence-corrected chi connectivity index (χ0v) is 10.9. The highest BCUT2D eigenvalue weighted by Crippen LogP contribution is 2.04. The third-order valence-electron chi connectivity index (χ3n) is 2.35. The largest absolute Gasteiger partial charge is 0.455 e. The van der Waals surface area contributed by atoms with Gasteiger partial charge in [0.05, 0.1) is 13.0 Å². The summed E-state index contributed by atoms with van der Waals surface area (Å²) in [7, 11) is 1.44. The number of hydrogen-bond donors (Lipinski definition) is 2. The van der Waals surface area contributed by atoms with Gasteiger partial charge < -0.3 is 15.4 Å². The number of hydrogen-bond acceptors (Lipinski definition) is 4. The fourth-order valence-corrected chi connectivity index (χ4v) is 1.28. The predicted molar refractivity (Wildman–Crippen MR) is 68.1 cm³/mol. The second-order valence-electron chi connectivity index (χ2n) is 3.91. The number of ether oxygens (including phenoxy) is 1. The summed E-state index contributed by atoms with van der Waals surface area (Å²) >= 11 is 0. The van der Waals surface area contributed by atoms with Gasteiger partial charge in [-0.25, -0.2) is 4.39 Å². The van der Waals surface area contributed by atoms with Crippen molar-refractivity contribution in [1.29, 1.82) is 0 Å². The molecule has 0 bridgehead atoms. The number of esters is 1. The van der Waals surface area contributed by atoms with Crippen molar-refractivity contribution in [3.63, 3.8) is 0 Å². The van der Waals surface area contributed by atoms with E-state index in [1.54, 1.807) is 0 Å². The number of amides is 2. The molecular weight excluding hydrogens is 267 g/mol. The Morgan fingerprint density at radius 2 is 1.80 bits per heavy atom. The quantitative estimate of drug-likeness (QED) is 0.706. The molecule has 7 heteroatoms. The summed E-state index contributed by atoms with van der Waals surface area (Å²) in [5, 5.41) is 4.61. The van der Waals surface area contributed by atoms with Crippen molar-refractivity contribution in [3.05, 3.63) is 35.6 Å². The molecule has 0 spiro atoms. The Hall–Kier alpha value is -2.44. The van der Waals surface area contributed by atoms with Gasteiger partial charge in [-0.05, 0) is 17.7 Å². The minimum absolute atomic E-state index is 0.0526.